The van der Waals surface area contributed by atoms with Gasteiger partial charge in [0.25, 0.3) is 0 Å². The molecule has 46 heavy (non-hydrogen) atoms. The van der Waals surface area contributed by atoms with Crippen LogP contribution in [0.15, 0.2) is 36.0 Å². The predicted molar refractivity (Wildman–Crippen MR) is 191 cm³/mol. The molecule has 0 aliphatic heterocycles. The molecule has 0 rings (SSSR count). The van der Waals surface area contributed by atoms with Gasteiger partial charge in [0, 0.05) is 0 Å². The minimum Gasteiger partial charge on any atom is -0.387 e. The molecular formula is C37H69NO7S. The lowest BCUT2D eigenvalue weighted by atomic mass is 10.0. The third kappa shape index (κ3) is 29.9. The quantitative estimate of drug-likeness (QED) is 0.0243. The molecule has 0 saturated heterocycles. The van der Waals surface area contributed by atoms with Gasteiger partial charge < -0.3 is 15.5 Å². The number of aliphatic hydroxyl groups is 2. The number of unbranched alkanes of at least 4 members (excludes halogenated alkanes) is 19. The van der Waals surface area contributed by atoms with Crippen LogP contribution in [0.25, 0.3) is 0 Å². The van der Waals surface area contributed by atoms with E-state index in [9.17, 15) is 23.4 Å². The second-order valence-electron chi connectivity index (χ2n) is 12.8. The third-order valence-corrected chi connectivity index (χ3v) is 8.69. The van der Waals surface area contributed by atoms with Gasteiger partial charge >= 0.3 is 10.4 Å². The summed E-state index contributed by atoms with van der Waals surface area (Å²) in [6.07, 6.45) is 33.2. The van der Waals surface area contributed by atoms with Crippen molar-refractivity contribution in [1.29, 1.82) is 0 Å². The molecule has 0 heterocycles. The number of hydrogen-bond acceptors (Lipinski definition) is 6. The molecule has 3 atom stereocenters. The third-order valence-electron chi connectivity index (χ3n) is 8.26. The normalized spacial score (nSPS) is 14.7. The zero-order valence-electron chi connectivity index (χ0n) is 29.5. The summed E-state index contributed by atoms with van der Waals surface area (Å²) in [6, 6.07) is -1.16. The van der Waals surface area contributed by atoms with E-state index in [1.807, 2.05) is 0 Å². The lowest BCUT2D eigenvalue weighted by Gasteiger charge is -2.23. The highest BCUT2D eigenvalue weighted by molar-refractivity contribution is 7.80. The Balaban J connectivity index is 4.39. The molecule has 0 aliphatic rings. The van der Waals surface area contributed by atoms with Gasteiger partial charge in [0.2, 0.25) is 5.91 Å². The Morgan fingerprint density at radius 1 is 0.717 bits per heavy atom. The average Bonchev–Trinajstić information content (AvgIpc) is 3.01. The number of allylic oxidation sites excluding steroid dienone is 5. The topological polar surface area (TPSA) is 133 Å². The zero-order valence-corrected chi connectivity index (χ0v) is 30.3. The number of carbonyl (C=O) groups excluding carboxylic acids is 1. The van der Waals surface area contributed by atoms with Crippen molar-refractivity contribution in [3.63, 3.8) is 0 Å². The molecule has 0 aromatic heterocycles. The van der Waals surface area contributed by atoms with Crippen LogP contribution < -0.4 is 5.32 Å². The first kappa shape index (κ1) is 44.5. The fraction of sp³-hybridized carbons (Fsp3) is 0.811. The molecule has 0 aromatic rings. The molecule has 0 radical (unpaired) electrons. The molecule has 9 heteroatoms. The second kappa shape index (κ2) is 30.8. The Morgan fingerprint density at radius 3 is 1.74 bits per heavy atom. The average molecular weight is 672 g/mol. The van der Waals surface area contributed by atoms with Crippen LogP contribution in [0.4, 0.5) is 0 Å². The van der Waals surface area contributed by atoms with Crippen LogP contribution in [-0.2, 0) is 19.4 Å². The summed E-state index contributed by atoms with van der Waals surface area (Å²) in [4.78, 5) is 12.6. The molecular weight excluding hydrogens is 602 g/mol. The zero-order chi connectivity index (χ0) is 34.3. The maximum atomic E-state index is 12.6. The highest BCUT2D eigenvalue weighted by Crippen LogP contribution is 2.14. The van der Waals surface area contributed by atoms with Gasteiger partial charge in [-0.05, 0) is 39.0 Å². The Bertz CT molecular complexity index is 917. The van der Waals surface area contributed by atoms with Crippen molar-refractivity contribution in [3.05, 3.63) is 36.0 Å². The molecule has 0 fully saturated rings. The van der Waals surface area contributed by atoms with Gasteiger partial charge in [-0.3, -0.25) is 9.35 Å². The summed E-state index contributed by atoms with van der Waals surface area (Å²) in [5.74, 6) is -0.707. The first-order valence-electron chi connectivity index (χ1n) is 18.4. The van der Waals surface area contributed by atoms with E-state index in [2.05, 4.69) is 48.5 Å². The number of aliphatic hydroxyl groups excluding tert-OH is 2. The van der Waals surface area contributed by atoms with E-state index in [-0.39, 0.29) is 6.42 Å². The van der Waals surface area contributed by atoms with Crippen molar-refractivity contribution < 1.29 is 32.2 Å². The number of nitrogens with one attached hydrogen (secondary N) is 1. The van der Waals surface area contributed by atoms with Gasteiger partial charge in [0.05, 0.1) is 18.8 Å². The molecule has 270 valence electrons. The van der Waals surface area contributed by atoms with Crippen molar-refractivity contribution in [2.75, 3.05) is 6.61 Å². The number of hydrogen-bond donors (Lipinski definition) is 4. The standard InChI is InChI=1S/C37H69NO7S/c1-4-6-8-10-12-13-14-15-16-17-18-20-22-26-31-36(40)37(41)38-34(32-45-46(42,43)44)35(39)30-27-23-25-29-33(3)28-24-21-19-11-9-7-5-2/h24,27-30,34-36,39-40H,4-23,25-26,31-32H2,1-3H3,(H,38,41)(H,42,43,44). The minimum absolute atomic E-state index is 0.278. The first-order valence-corrected chi connectivity index (χ1v) is 19.8. The Labute approximate surface area is 282 Å². The van der Waals surface area contributed by atoms with Crippen molar-refractivity contribution in [1.82, 2.24) is 5.32 Å². The van der Waals surface area contributed by atoms with Gasteiger partial charge in [-0.25, -0.2) is 4.18 Å². The summed E-state index contributed by atoms with van der Waals surface area (Å²) >= 11 is 0. The van der Waals surface area contributed by atoms with Crippen molar-refractivity contribution in [2.24, 2.45) is 0 Å². The number of amides is 1. The fourth-order valence-corrected chi connectivity index (χ4v) is 5.63. The lowest BCUT2D eigenvalue weighted by Crippen LogP contribution is -2.49. The molecule has 0 spiro atoms. The van der Waals surface area contributed by atoms with E-state index in [1.165, 1.54) is 108 Å². The van der Waals surface area contributed by atoms with E-state index in [0.29, 0.717) is 12.8 Å². The largest absolute Gasteiger partial charge is 0.397 e. The number of carbonyl (C=O) groups is 1. The van der Waals surface area contributed by atoms with E-state index >= 15 is 0 Å². The summed E-state index contributed by atoms with van der Waals surface area (Å²) in [5, 5.41) is 23.4. The summed E-state index contributed by atoms with van der Waals surface area (Å²) in [6.45, 7) is 5.85. The van der Waals surface area contributed by atoms with Crippen LogP contribution in [-0.4, -0.2) is 53.9 Å². The van der Waals surface area contributed by atoms with Crippen LogP contribution in [0, 0.1) is 0 Å². The Hall–Kier alpha value is -1.52. The Morgan fingerprint density at radius 2 is 1.22 bits per heavy atom. The smallest absolute Gasteiger partial charge is 0.387 e. The molecule has 1 amide bonds. The molecule has 0 aliphatic carbocycles. The van der Waals surface area contributed by atoms with Crippen molar-refractivity contribution in [3.8, 4) is 0 Å². The molecule has 3 unspecified atom stereocenters. The molecule has 0 saturated carbocycles. The monoisotopic (exact) mass is 671 g/mol. The molecule has 0 bridgehead atoms. The number of rotatable bonds is 32. The highest BCUT2D eigenvalue weighted by Gasteiger charge is 2.25. The summed E-state index contributed by atoms with van der Waals surface area (Å²) in [7, 11) is -4.76. The van der Waals surface area contributed by atoms with Gasteiger partial charge in [-0.1, -0.05) is 165 Å². The lowest BCUT2D eigenvalue weighted by molar-refractivity contribution is -0.131. The first-order chi connectivity index (χ1) is 22.1. The maximum absolute atomic E-state index is 12.6. The van der Waals surface area contributed by atoms with Crippen LogP contribution >= 0.6 is 0 Å². The van der Waals surface area contributed by atoms with Gasteiger partial charge in [0.15, 0.2) is 0 Å². The van der Waals surface area contributed by atoms with Crippen LogP contribution in [0.3, 0.4) is 0 Å². The maximum Gasteiger partial charge on any atom is 0.397 e. The SMILES string of the molecule is CCCCCCCC=CC(C)=CCCC=CC(O)C(COS(=O)(=O)O)NC(=O)C(O)CCCCCCCCCCCCCCCC. The van der Waals surface area contributed by atoms with Crippen LogP contribution in [0.5, 0.6) is 0 Å². The Kier molecular flexibility index (Phi) is 29.8. The van der Waals surface area contributed by atoms with E-state index in [1.54, 1.807) is 6.08 Å². The fourth-order valence-electron chi connectivity index (χ4n) is 5.31. The van der Waals surface area contributed by atoms with Crippen molar-refractivity contribution >= 4 is 16.3 Å². The van der Waals surface area contributed by atoms with Crippen molar-refractivity contribution in [2.45, 2.75) is 187 Å². The highest BCUT2D eigenvalue weighted by atomic mass is 32.3. The van der Waals surface area contributed by atoms with E-state index in [0.717, 1.165) is 32.1 Å². The minimum atomic E-state index is -4.76. The predicted octanol–water partition coefficient (Wildman–Crippen LogP) is 9.08. The summed E-state index contributed by atoms with van der Waals surface area (Å²) < 4.78 is 35.6. The van der Waals surface area contributed by atoms with Gasteiger partial charge in [-0.2, -0.15) is 8.42 Å². The van der Waals surface area contributed by atoms with Crippen LogP contribution in [0.1, 0.15) is 168 Å². The molecule has 8 nitrogen and oxygen atoms in total. The van der Waals surface area contributed by atoms with Crippen LogP contribution in [0.2, 0.25) is 0 Å². The van der Waals surface area contributed by atoms with Gasteiger partial charge in [0.1, 0.15) is 6.10 Å². The molecule has 0 aromatic carbocycles. The summed E-state index contributed by atoms with van der Waals surface area (Å²) in [5.41, 5.74) is 1.17. The van der Waals surface area contributed by atoms with E-state index in [4.69, 9.17) is 4.55 Å². The second-order valence-corrected chi connectivity index (χ2v) is 13.9. The van der Waals surface area contributed by atoms with E-state index < -0.39 is 41.2 Å². The molecule has 4 N–H and O–H groups in total. The van der Waals surface area contributed by atoms with Gasteiger partial charge in [-0.15, -0.1) is 0 Å².